The van der Waals surface area contributed by atoms with Gasteiger partial charge in [-0.2, -0.15) is 0 Å². The molecule has 0 aromatic heterocycles. The van der Waals surface area contributed by atoms with Crippen molar-refractivity contribution < 1.29 is 9.59 Å². The van der Waals surface area contributed by atoms with Gasteiger partial charge in [-0.15, -0.1) is 0 Å². The first kappa shape index (κ1) is 18.7. The van der Waals surface area contributed by atoms with Crippen LogP contribution in [0.15, 0.2) is 42.5 Å². The first-order chi connectivity index (χ1) is 12.0. The van der Waals surface area contributed by atoms with E-state index in [1.54, 1.807) is 0 Å². The number of nitrogens with one attached hydrogen (secondary N) is 2. The van der Waals surface area contributed by atoms with E-state index < -0.39 is 0 Å². The first-order valence-electron chi connectivity index (χ1n) is 8.76. The number of carbonyl (C=O) groups is 2. The molecule has 4 nitrogen and oxygen atoms in total. The minimum absolute atomic E-state index is 0.174. The van der Waals surface area contributed by atoms with Crippen molar-refractivity contribution in [2.45, 2.75) is 46.6 Å². The summed E-state index contributed by atoms with van der Waals surface area (Å²) in [5.74, 6) is -0.554. The Balaban J connectivity index is 1.91. The highest BCUT2D eigenvalue weighted by Gasteiger charge is 2.13. The van der Waals surface area contributed by atoms with Gasteiger partial charge in [0.05, 0.1) is 0 Å². The van der Waals surface area contributed by atoms with Gasteiger partial charge in [0.1, 0.15) is 6.42 Å². The number of hydrogen-bond donors (Lipinski definition) is 2. The topological polar surface area (TPSA) is 58.2 Å². The lowest BCUT2D eigenvalue weighted by Gasteiger charge is -2.14. The molecule has 0 bridgehead atoms. The summed E-state index contributed by atoms with van der Waals surface area (Å²) in [5.41, 5.74) is 5.23. The van der Waals surface area contributed by atoms with E-state index in [1.807, 2.05) is 49.4 Å². The number of anilines is 1. The molecule has 0 aliphatic carbocycles. The highest BCUT2D eigenvalue weighted by molar-refractivity contribution is 6.04. The van der Waals surface area contributed by atoms with E-state index in [0.29, 0.717) is 6.54 Å². The Hall–Kier alpha value is -2.62. The molecular weight excluding hydrogens is 312 g/mol. The zero-order chi connectivity index (χ0) is 18.2. The number of benzene rings is 2. The van der Waals surface area contributed by atoms with Gasteiger partial charge in [0, 0.05) is 12.2 Å². The van der Waals surface area contributed by atoms with Gasteiger partial charge >= 0.3 is 0 Å². The predicted octanol–water partition coefficient (Wildman–Crippen LogP) is 3.76. The fourth-order valence-electron chi connectivity index (χ4n) is 2.70. The van der Waals surface area contributed by atoms with Crippen LogP contribution in [0.3, 0.4) is 0 Å². The second-order valence-corrected chi connectivity index (χ2v) is 6.15. The molecule has 0 radical (unpaired) electrons. The van der Waals surface area contributed by atoms with Gasteiger partial charge in [-0.05, 0) is 36.5 Å². The monoisotopic (exact) mass is 338 g/mol. The molecule has 0 saturated carbocycles. The summed E-state index contributed by atoms with van der Waals surface area (Å²) in [6.45, 7) is 6.56. The molecule has 4 heteroatoms. The zero-order valence-corrected chi connectivity index (χ0v) is 15.2. The second-order valence-electron chi connectivity index (χ2n) is 6.15. The van der Waals surface area contributed by atoms with E-state index in [0.717, 1.165) is 35.2 Å². The predicted molar refractivity (Wildman–Crippen MR) is 101 cm³/mol. The number of rotatable bonds is 7. The van der Waals surface area contributed by atoms with Gasteiger partial charge in [0.2, 0.25) is 11.8 Å². The van der Waals surface area contributed by atoms with Crippen molar-refractivity contribution >= 4 is 17.5 Å². The minimum atomic E-state index is -0.281. The van der Waals surface area contributed by atoms with E-state index in [-0.39, 0.29) is 18.2 Å². The van der Waals surface area contributed by atoms with Gasteiger partial charge in [0.15, 0.2) is 0 Å². The molecule has 2 rings (SSSR count). The maximum absolute atomic E-state index is 12.2. The van der Waals surface area contributed by atoms with Crippen LogP contribution in [0.2, 0.25) is 0 Å². The van der Waals surface area contributed by atoms with Crippen molar-refractivity contribution in [2.75, 3.05) is 5.32 Å². The molecule has 0 unspecified atom stereocenters. The van der Waals surface area contributed by atoms with Crippen molar-refractivity contribution in [3.8, 4) is 0 Å². The lowest BCUT2D eigenvalue weighted by atomic mass is 10.0. The summed E-state index contributed by atoms with van der Waals surface area (Å²) >= 11 is 0. The molecule has 2 aromatic rings. The third-order valence-corrected chi connectivity index (χ3v) is 4.19. The third-order valence-electron chi connectivity index (χ3n) is 4.19. The van der Waals surface area contributed by atoms with Crippen LogP contribution in [0.1, 0.15) is 42.5 Å². The molecule has 25 heavy (non-hydrogen) atoms. The molecule has 2 N–H and O–H groups in total. The smallest absolute Gasteiger partial charge is 0.233 e. The van der Waals surface area contributed by atoms with Crippen LogP contribution in [-0.2, 0) is 29.0 Å². The summed E-state index contributed by atoms with van der Waals surface area (Å²) in [7, 11) is 0. The van der Waals surface area contributed by atoms with Crippen LogP contribution < -0.4 is 10.6 Å². The molecule has 0 aliphatic rings. The SMILES string of the molecule is CCc1cccc(CC)c1NC(=O)CC(=O)NCc1ccc(C)cc1. The molecule has 0 heterocycles. The summed E-state index contributed by atoms with van der Waals surface area (Å²) in [5, 5.41) is 5.71. The van der Waals surface area contributed by atoms with Crippen LogP contribution in [0.4, 0.5) is 5.69 Å². The normalized spacial score (nSPS) is 10.4. The van der Waals surface area contributed by atoms with Crippen molar-refractivity contribution in [1.29, 1.82) is 0 Å². The van der Waals surface area contributed by atoms with Gasteiger partial charge in [-0.25, -0.2) is 0 Å². The maximum Gasteiger partial charge on any atom is 0.233 e. The summed E-state index contributed by atoms with van der Waals surface area (Å²) < 4.78 is 0. The molecule has 132 valence electrons. The molecule has 0 atom stereocenters. The van der Waals surface area contributed by atoms with Crippen molar-refractivity contribution in [3.05, 3.63) is 64.7 Å². The molecule has 0 fully saturated rings. The van der Waals surface area contributed by atoms with Crippen LogP contribution in [0, 0.1) is 6.92 Å². The third kappa shape index (κ3) is 5.45. The molecule has 0 saturated heterocycles. The minimum Gasteiger partial charge on any atom is -0.352 e. The highest BCUT2D eigenvalue weighted by atomic mass is 16.2. The Morgan fingerprint density at radius 1 is 0.880 bits per heavy atom. The van der Waals surface area contributed by atoms with E-state index >= 15 is 0 Å². The lowest BCUT2D eigenvalue weighted by molar-refractivity contribution is -0.126. The number of amides is 2. The highest BCUT2D eigenvalue weighted by Crippen LogP contribution is 2.22. The van der Waals surface area contributed by atoms with E-state index in [2.05, 4.69) is 24.5 Å². The average Bonchev–Trinajstić information content (AvgIpc) is 2.61. The van der Waals surface area contributed by atoms with Gasteiger partial charge in [-0.3, -0.25) is 9.59 Å². The average molecular weight is 338 g/mol. The quantitative estimate of drug-likeness (QED) is 0.755. The Kier molecular flexibility index (Phi) is 6.75. The summed E-state index contributed by atoms with van der Waals surface area (Å²) in [6.07, 6.45) is 1.50. The zero-order valence-electron chi connectivity index (χ0n) is 15.2. The van der Waals surface area contributed by atoms with Crippen molar-refractivity contribution in [1.82, 2.24) is 5.32 Å². The Bertz CT molecular complexity index is 714. The number of para-hydroxylation sites is 1. The Morgan fingerprint density at radius 2 is 1.48 bits per heavy atom. The van der Waals surface area contributed by atoms with E-state index in [1.165, 1.54) is 5.56 Å². The summed E-state index contributed by atoms with van der Waals surface area (Å²) in [6, 6.07) is 14.0. The summed E-state index contributed by atoms with van der Waals surface area (Å²) in [4.78, 5) is 24.3. The number of carbonyl (C=O) groups excluding carboxylic acids is 2. The fraction of sp³-hybridized carbons (Fsp3) is 0.333. The molecule has 0 aliphatic heterocycles. The van der Waals surface area contributed by atoms with Crippen molar-refractivity contribution in [2.24, 2.45) is 0 Å². The largest absolute Gasteiger partial charge is 0.352 e. The Labute approximate surface area is 149 Å². The van der Waals surface area contributed by atoms with E-state index in [4.69, 9.17) is 0 Å². The van der Waals surface area contributed by atoms with E-state index in [9.17, 15) is 9.59 Å². The standard InChI is InChI=1S/C21H26N2O2/c1-4-17-7-6-8-18(5-2)21(17)23-20(25)13-19(24)22-14-16-11-9-15(3)10-12-16/h6-12H,4-5,13-14H2,1-3H3,(H,22,24)(H,23,25). The number of aryl methyl sites for hydroxylation is 3. The first-order valence-corrected chi connectivity index (χ1v) is 8.76. The molecular formula is C21H26N2O2. The number of hydrogen-bond acceptors (Lipinski definition) is 2. The maximum atomic E-state index is 12.2. The molecule has 0 spiro atoms. The molecule has 2 aromatic carbocycles. The lowest BCUT2D eigenvalue weighted by Crippen LogP contribution is -2.28. The van der Waals surface area contributed by atoms with Gasteiger partial charge in [0.25, 0.3) is 0 Å². The molecule has 2 amide bonds. The van der Waals surface area contributed by atoms with Gasteiger partial charge < -0.3 is 10.6 Å². The van der Waals surface area contributed by atoms with Crippen LogP contribution in [-0.4, -0.2) is 11.8 Å². The fourth-order valence-corrected chi connectivity index (χ4v) is 2.70. The van der Waals surface area contributed by atoms with Crippen LogP contribution >= 0.6 is 0 Å². The van der Waals surface area contributed by atoms with Crippen LogP contribution in [0.5, 0.6) is 0 Å². The van der Waals surface area contributed by atoms with Gasteiger partial charge in [-0.1, -0.05) is 61.9 Å². The van der Waals surface area contributed by atoms with Crippen molar-refractivity contribution in [3.63, 3.8) is 0 Å². The Morgan fingerprint density at radius 3 is 2.04 bits per heavy atom. The van der Waals surface area contributed by atoms with Crippen LogP contribution in [0.25, 0.3) is 0 Å². The second kappa shape index (κ2) is 9.02.